The van der Waals surface area contributed by atoms with E-state index in [-0.39, 0.29) is 11.9 Å². The number of rotatable bonds is 8. The largest absolute Gasteiger partial charge is 0.347 e. The predicted octanol–water partition coefficient (Wildman–Crippen LogP) is 3.44. The summed E-state index contributed by atoms with van der Waals surface area (Å²) in [7, 11) is 0. The van der Waals surface area contributed by atoms with Crippen LogP contribution in [0.25, 0.3) is 0 Å². The lowest BCUT2D eigenvalue weighted by Gasteiger charge is -2.26. The molecule has 7 heteroatoms. The van der Waals surface area contributed by atoms with Gasteiger partial charge in [-0.05, 0) is 42.9 Å². The van der Waals surface area contributed by atoms with Crippen molar-refractivity contribution in [2.45, 2.75) is 50.7 Å². The first-order valence-corrected chi connectivity index (χ1v) is 9.96. The molecule has 0 spiro atoms. The molecule has 1 heterocycles. The Labute approximate surface area is 167 Å². The average Bonchev–Trinajstić information content (AvgIpc) is 3.20. The van der Waals surface area contributed by atoms with Crippen molar-refractivity contribution >= 4 is 21.8 Å². The van der Waals surface area contributed by atoms with E-state index in [2.05, 4.69) is 56.4 Å². The van der Waals surface area contributed by atoms with Gasteiger partial charge in [-0.15, -0.1) is 0 Å². The molecule has 27 heavy (non-hydrogen) atoms. The zero-order valence-corrected chi connectivity index (χ0v) is 17.1. The van der Waals surface area contributed by atoms with Crippen molar-refractivity contribution in [3.05, 3.63) is 52.5 Å². The number of amides is 1. The summed E-state index contributed by atoms with van der Waals surface area (Å²) in [6.45, 7) is 4.17. The fourth-order valence-corrected chi connectivity index (χ4v) is 3.32. The van der Waals surface area contributed by atoms with Gasteiger partial charge in [0.1, 0.15) is 11.4 Å². The lowest BCUT2D eigenvalue weighted by atomic mass is 9.99. The minimum Gasteiger partial charge on any atom is -0.347 e. The van der Waals surface area contributed by atoms with Crippen LogP contribution in [0.5, 0.6) is 0 Å². The first kappa shape index (κ1) is 19.6. The highest BCUT2D eigenvalue weighted by Gasteiger charge is 2.45. The molecule has 1 saturated carbocycles. The Bertz CT molecular complexity index is 806. The van der Waals surface area contributed by atoms with E-state index in [0.717, 1.165) is 28.7 Å². The van der Waals surface area contributed by atoms with Gasteiger partial charge >= 0.3 is 0 Å². The van der Waals surface area contributed by atoms with Gasteiger partial charge in [-0.25, -0.2) is 4.98 Å². The number of aromatic amines is 1. The molecule has 1 aromatic carbocycles. The maximum atomic E-state index is 12.9. The number of hydrogen-bond donors (Lipinski definition) is 3. The SMILES string of the molecule is CC(C)C[C@H](NC(c1ccc(Br)cc1)c1ncc[nH]1)C(=O)NC1(C#N)CC1. The molecule has 2 atom stereocenters. The third-order valence-electron chi connectivity index (χ3n) is 4.71. The summed E-state index contributed by atoms with van der Waals surface area (Å²) < 4.78 is 0.991. The molecule has 0 aliphatic heterocycles. The van der Waals surface area contributed by atoms with E-state index >= 15 is 0 Å². The van der Waals surface area contributed by atoms with Crippen LogP contribution in [0.2, 0.25) is 0 Å². The van der Waals surface area contributed by atoms with Crippen LogP contribution >= 0.6 is 15.9 Å². The molecule has 0 radical (unpaired) electrons. The van der Waals surface area contributed by atoms with Gasteiger partial charge in [0, 0.05) is 16.9 Å². The highest BCUT2D eigenvalue weighted by Crippen LogP contribution is 2.34. The maximum Gasteiger partial charge on any atom is 0.238 e. The minimum absolute atomic E-state index is 0.128. The molecule has 6 nitrogen and oxygen atoms in total. The van der Waals surface area contributed by atoms with Crippen LogP contribution in [0.4, 0.5) is 0 Å². The number of aromatic nitrogens is 2. The summed E-state index contributed by atoms with van der Waals surface area (Å²) in [4.78, 5) is 20.5. The van der Waals surface area contributed by atoms with Gasteiger partial charge in [-0.1, -0.05) is 41.9 Å². The summed E-state index contributed by atoms with van der Waals surface area (Å²) >= 11 is 3.46. The van der Waals surface area contributed by atoms with Crippen molar-refractivity contribution in [1.29, 1.82) is 5.26 Å². The van der Waals surface area contributed by atoms with Gasteiger partial charge in [0.25, 0.3) is 0 Å². The number of nitrogens with zero attached hydrogens (tertiary/aromatic N) is 2. The van der Waals surface area contributed by atoms with Crippen LogP contribution in [0.3, 0.4) is 0 Å². The molecular weight excluding hydrogens is 406 g/mol. The normalized spacial score (nSPS) is 17.1. The molecule has 1 aromatic heterocycles. The number of imidazole rings is 1. The molecule has 1 fully saturated rings. The van der Waals surface area contributed by atoms with Gasteiger partial charge in [-0.3, -0.25) is 10.1 Å². The van der Waals surface area contributed by atoms with Crippen LogP contribution in [-0.2, 0) is 4.79 Å². The topological polar surface area (TPSA) is 93.6 Å². The highest BCUT2D eigenvalue weighted by molar-refractivity contribution is 9.10. The number of hydrogen-bond acceptors (Lipinski definition) is 4. The van der Waals surface area contributed by atoms with Crippen molar-refractivity contribution in [2.24, 2.45) is 5.92 Å². The summed E-state index contributed by atoms with van der Waals surface area (Å²) in [6, 6.07) is 9.51. The number of benzene rings is 1. The van der Waals surface area contributed by atoms with E-state index < -0.39 is 11.6 Å². The Balaban J connectivity index is 1.84. The van der Waals surface area contributed by atoms with Crippen molar-refractivity contribution < 1.29 is 4.79 Å². The second kappa shape index (κ2) is 8.24. The summed E-state index contributed by atoms with van der Waals surface area (Å²) in [5, 5.41) is 15.7. The molecule has 0 saturated heterocycles. The van der Waals surface area contributed by atoms with E-state index in [1.807, 2.05) is 24.3 Å². The third kappa shape index (κ3) is 4.96. The number of carbonyl (C=O) groups is 1. The van der Waals surface area contributed by atoms with Crippen molar-refractivity contribution in [2.75, 3.05) is 0 Å². The monoisotopic (exact) mass is 429 g/mol. The molecule has 3 N–H and O–H groups in total. The zero-order valence-electron chi connectivity index (χ0n) is 15.5. The molecular formula is C20H24BrN5O. The Kier molecular flexibility index (Phi) is 5.98. The van der Waals surface area contributed by atoms with Crippen LogP contribution < -0.4 is 10.6 Å². The van der Waals surface area contributed by atoms with Crippen molar-refractivity contribution in [1.82, 2.24) is 20.6 Å². The highest BCUT2D eigenvalue weighted by atomic mass is 79.9. The average molecular weight is 430 g/mol. The summed E-state index contributed by atoms with van der Waals surface area (Å²) in [5.41, 5.74) is 0.335. The maximum absolute atomic E-state index is 12.9. The Morgan fingerprint density at radius 3 is 2.59 bits per heavy atom. The number of halogens is 1. The minimum atomic E-state index is -0.675. The molecule has 1 unspecified atom stereocenters. The van der Waals surface area contributed by atoms with Crippen molar-refractivity contribution in [3.8, 4) is 6.07 Å². The fourth-order valence-electron chi connectivity index (χ4n) is 3.06. The first-order valence-electron chi connectivity index (χ1n) is 9.16. The number of carbonyl (C=O) groups excluding carboxylic acids is 1. The van der Waals surface area contributed by atoms with Crippen molar-refractivity contribution in [3.63, 3.8) is 0 Å². The predicted molar refractivity (Wildman–Crippen MR) is 107 cm³/mol. The molecule has 3 rings (SSSR count). The third-order valence-corrected chi connectivity index (χ3v) is 5.24. The van der Waals surface area contributed by atoms with E-state index in [1.165, 1.54) is 0 Å². The quantitative estimate of drug-likeness (QED) is 0.598. The molecule has 1 amide bonds. The Hall–Kier alpha value is -2.17. The molecule has 142 valence electrons. The van der Waals surface area contributed by atoms with Crippen LogP contribution in [0.15, 0.2) is 41.1 Å². The van der Waals surface area contributed by atoms with Gasteiger partial charge < -0.3 is 10.3 Å². The van der Waals surface area contributed by atoms with Gasteiger partial charge in [-0.2, -0.15) is 5.26 Å². The van der Waals surface area contributed by atoms with E-state index in [4.69, 9.17) is 0 Å². The Morgan fingerprint density at radius 2 is 2.07 bits per heavy atom. The molecule has 2 aromatic rings. The molecule has 0 bridgehead atoms. The Morgan fingerprint density at radius 1 is 1.37 bits per heavy atom. The molecule has 1 aliphatic carbocycles. The second-order valence-corrected chi connectivity index (χ2v) is 8.41. The fraction of sp³-hybridized carbons (Fsp3) is 0.450. The van der Waals surface area contributed by atoms with Crippen LogP contribution in [0, 0.1) is 17.2 Å². The van der Waals surface area contributed by atoms with Gasteiger partial charge in [0.15, 0.2) is 0 Å². The second-order valence-electron chi connectivity index (χ2n) is 7.49. The zero-order chi connectivity index (χ0) is 19.4. The van der Waals surface area contributed by atoms with Crippen LogP contribution in [-0.4, -0.2) is 27.5 Å². The molecule has 1 aliphatic rings. The lowest BCUT2D eigenvalue weighted by molar-refractivity contribution is -0.124. The number of nitrogens with one attached hydrogen (secondary N) is 3. The van der Waals surface area contributed by atoms with Gasteiger partial charge in [0.05, 0.1) is 18.2 Å². The smallest absolute Gasteiger partial charge is 0.238 e. The summed E-state index contributed by atoms with van der Waals surface area (Å²) in [5.74, 6) is 0.948. The van der Waals surface area contributed by atoms with E-state index in [9.17, 15) is 10.1 Å². The number of nitriles is 1. The van der Waals surface area contributed by atoms with E-state index in [1.54, 1.807) is 12.4 Å². The lowest BCUT2D eigenvalue weighted by Crippen LogP contribution is -2.50. The van der Waals surface area contributed by atoms with Crippen LogP contribution in [0.1, 0.15) is 50.5 Å². The summed E-state index contributed by atoms with van der Waals surface area (Å²) in [6.07, 6.45) is 5.58. The number of H-pyrrole nitrogens is 1. The van der Waals surface area contributed by atoms with E-state index in [0.29, 0.717) is 12.3 Å². The standard InChI is InChI=1S/C20H24BrN5O/c1-13(2)11-16(19(27)26-20(12-22)7-8-20)25-17(18-23-9-10-24-18)14-3-5-15(21)6-4-14/h3-6,9-10,13,16-17,25H,7-8,11H2,1-2H3,(H,23,24)(H,26,27)/t16-,17?/m0/s1. The first-order chi connectivity index (χ1) is 12.9. The van der Waals surface area contributed by atoms with Gasteiger partial charge in [0.2, 0.25) is 5.91 Å².